The van der Waals surface area contributed by atoms with Crippen molar-refractivity contribution in [3.63, 3.8) is 0 Å². The third-order valence-corrected chi connectivity index (χ3v) is 4.49. The van der Waals surface area contributed by atoms with E-state index >= 15 is 0 Å². The minimum atomic E-state index is -0.341. The fraction of sp³-hybridized carbons (Fsp3) is 0.300. The van der Waals surface area contributed by atoms with Crippen LogP contribution in [0.5, 0.6) is 0 Å². The van der Waals surface area contributed by atoms with Gasteiger partial charge in [0.25, 0.3) is 5.91 Å². The summed E-state index contributed by atoms with van der Waals surface area (Å²) in [5, 5.41) is 0. The number of nitrogens with two attached hydrogens (primary N) is 1. The van der Waals surface area contributed by atoms with Crippen LogP contribution < -0.4 is 11.3 Å². The van der Waals surface area contributed by atoms with Gasteiger partial charge in [-0.15, -0.1) is 0 Å². The Morgan fingerprint density at radius 3 is 2.15 bits per heavy atom. The number of ether oxygens (including phenoxy) is 1. The number of benzene rings is 2. The lowest BCUT2D eigenvalue weighted by molar-refractivity contribution is 0.0419. The molecule has 1 aliphatic rings. The van der Waals surface area contributed by atoms with E-state index in [-0.39, 0.29) is 11.9 Å². The molecule has 0 aliphatic carbocycles. The highest BCUT2D eigenvalue weighted by Gasteiger charge is 2.23. The number of hydrogen-bond acceptors (Lipinski definition) is 4. The van der Waals surface area contributed by atoms with Crippen LogP contribution >= 0.6 is 0 Å². The Bertz CT molecular complexity index is 759. The monoisotopic (exact) mass is 368 g/mol. The van der Waals surface area contributed by atoms with Gasteiger partial charge in [0.1, 0.15) is 0 Å². The molecule has 2 aromatic carbocycles. The Hall–Kier alpha value is -2.90. The van der Waals surface area contributed by atoms with Gasteiger partial charge in [0.2, 0.25) is 0 Å². The van der Waals surface area contributed by atoms with Crippen molar-refractivity contribution < 1.29 is 14.3 Å². The number of nitrogens with zero attached hydrogens (tertiary/aromatic N) is 2. The van der Waals surface area contributed by atoms with Gasteiger partial charge in [-0.2, -0.15) is 0 Å². The molecule has 2 aromatic rings. The first-order valence-corrected chi connectivity index (χ1v) is 8.93. The van der Waals surface area contributed by atoms with Crippen LogP contribution in [0.4, 0.5) is 4.79 Å². The topological polar surface area (TPSA) is 87.9 Å². The van der Waals surface area contributed by atoms with E-state index in [1.54, 1.807) is 12.1 Å². The largest absolute Gasteiger partial charge is 0.378 e. The predicted octanol–water partition coefficient (Wildman–Crippen LogP) is 1.74. The molecule has 0 unspecified atom stereocenters. The van der Waals surface area contributed by atoms with Crippen LogP contribution in [0.3, 0.4) is 0 Å². The van der Waals surface area contributed by atoms with Gasteiger partial charge in [-0.05, 0) is 23.3 Å². The van der Waals surface area contributed by atoms with Crippen molar-refractivity contribution in [2.75, 3.05) is 26.3 Å². The van der Waals surface area contributed by atoms with Crippen molar-refractivity contribution in [2.45, 2.75) is 13.1 Å². The van der Waals surface area contributed by atoms with Gasteiger partial charge >= 0.3 is 6.03 Å². The van der Waals surface area contributed by atoms with E-state index in [1.807, 2.05) is 52.3 Å². The first kappa shape index (κ1) is 18.9. The number of carbonyl (C=O) groups excluding carboxylic acids is 2. The van der Waals surface area contributed by atoms with Gasteiger partial charge in [0.15, 0.2) is 0 Å². The Morgan fingerprint density at radius 1 is 0.963 bits per heavy atom. The van der Waals surface area contributed by atoms with Gasteiger partial charge in [-0.1, -0.05) is 42.5 Å². The van der Waals surface area contributed by atoms with Crippen molar-refractivity contribution in [3.05, 3.63) is 71.3 Å². The third kappa shape index (κ3) is 5.06. The SMILES string of the molecule is NNC(=O)c1ccc(CN(Cc2ccccc2)C(=O)N2CCOCC2)cc1. The van der Waals surface area contributed by atoms with Crippen LogP contribution in [0.25, 0.3) is 0 Å². The van der Waals surface area contributed by atoms with E-state index < -0.39 is 0 Å². The first-order valence-electron chi connectivity index (χ1n) is 8.93. The quantitative estimate of drug-likeness (QED) is 0.478. The molecule has 3 rings (SSSR count). The fourth-order valence-corrected chi connectivity index (χ4v) is 3.01. The highest BCUT2D eigenvalue weighted by Crippen LogP contribution is 2.14. The normalized spacial score (nSPS) is 13.9. The van der Waals surface area contributed by atoms with E-state index in [4.69, 9.17) is 10.6 Å². The highest BCUT2D eigenvalue weighted by atomic mass is 16.5. The molecule has 0 saturated carbocycles. The van der Waals surface area contributed by atoms with E-state index in [0.29, 0.717) is 45.0 Å². The standard InChI is InChI=1S/C20H24N4O3/c21-22-19(25)18-8-6-17(7-9-18)15-24(14-16-4-2-1-3-5-16)20(26)23-10-12-27-13-11-23/h1-9H,10-15,21H2,(H,22,25). The number of nitrogen functional groups attached to an aromatic ring is 1. The van der Waals surface area contributed by atoms with Crippen LogP contribution in [0.15, 0.2) is 54.6 Å². The summed E-state index contributed by atoms with van der Waals surface area (Å²) in [6.07, 6.45) is 0. The molecule has 0 spiro atoms. The summed E-state index contributed by atoms with van der Waals surface area (Å²) in [4.78, 5) is 28.3. The van der Waals surface area contributed by atoms with Crippen LogP contribution in [-0.4, -0.2) is 48.0 Å². The van der Waals surface area contributed by atoms with E-state index in [9.17, 15) is 9.59 Å². The second-order valence-corrected chi connectivity index (χ2v) is 6.39. The second-order valence-electron chi connectivity index (χ2n) is 6.39. The molecule has 1 aliphatic heterocycles. The molecule has 0 atom stereocenters. The number of urea groups is 1. The number of hydrazine groups is 1. The highest BCUT2D eigenvalue weighted by molar-refractivity contribution is 5.93. The molecule has 7 heteroatoms. The van der Waals surface area contributed by atoms with Crippen molar-refractivity contribution in [1.29, 1.82) is 0 Å². The number of rotatable bonds is 5. The number of hydrogen-bond donors (Lipinski definition) is 2. The molecule has 1 saturated heterocycles. The molecule has 1 fully saturated rings. The summed E-state index contributed by atoms with van der Waals surface area (Å²) < 4.78 is 5.35. The van der Waals surface area contributed by atoms with Gasteiger partial charge in [0, 0.05) is 31.7 Å². The maximum absolute atomic E-state index is 13.0. The number of morpholine rings is 1. The maximum Gasteiger partial charge on any atom is 0.320 e. The lowest BCUT2D eigenvalue weighted by atomic mass is 10.1. The van der Waals surface area contributed by atoms with E-state index in [0.717, 1.165) is 11.1 Å². The second kappa shape index (κ2) is 9.16. The maximum atomic E-state index is 13.0. The van der Waals surface area contributed by atoms with Crippen LogP contribution in [0, 0.1) is 0 Å². The molecule has 0 aromatic heterocycles. The third-order valence-electron chi connectivity index (χ3n) is 4.49. The Morgan fingerprint density at radius 2 is 1.56 bits per heavy atom. The lowest BCUT2D eigenvalue weighted by Gasteiger charge is -2.33. The summed E-state index contributed by atoms with van der Waals surface area (Å²) >= 11 is 0. The minimum absolute atomic E-state index is 0.00840. The Balaban J connectivity index is 1.76. The summed E-state index contributed by atoms with van der Waals surface area (Å²) in [7, 11) is 0. The molecule has 142 valence electrons. The summed E-state index contributed by atoms with van der Waals surface area (Å²) in [6.45, 7) is 3.29. The molecular formula is C20H24N4O3. The van der Waals surface area contributed by atoms with Crippen molar-refractivity contribution in [3.8, 4) is 0 Å². The van der Waals surface area contributed by atoms with Crippen LogP contribution in [0.1, 0.15) is 21.5 Å². The molecular weight excluding hydrogens is 344 g/mol. The van der Waals surface area contributed by atoms with Crippen molar-refractivity contribution in [2.24, 2.45) is 5.84 Å². The molecule has 7 nitrogen and oxygen atoms in total. The van der Waals surface area contributed by atoms with Gasteiger partial charge < -0.3 is 14.5 Å². The van der Waals surface area contributed by atoms with E-state index in [2.05, 4.69) is 5.43 Å². The average molecular weight is 368 g/mol. The van der Waals surface area contributed by atoms with Gasteiger partial charge in [-0.3, -0.25) is 10.2 Å². The molecule has 3 N–H and O–H groups in total. The molecule has 1 heterocycles. The van der Waals surface area contributed by atoms with Gasteiger partial charge in [-0.25, -0.2) is 10.6 Å². The van der Waals surface area contributed by atoms with Crippen molar-refractivity contribution >= 4 is 11.9 Å². The smallest absolute Gasteiger partial charge is 0.320 e. The number of carbonyl (C=O) groups is 2. The summed E-state index contributed by atoms with van der Waals surface area (Å²) in [5.41, 5.74) is 4.61. The lowest BCUT2D eigenvalue weighted by Crippen LogP contribution is -2.47. The minimum Gasteiger partial charge on any atom is -0.378 e. The van der Waals surface area contributed by atoms with Gasteiger partial charge in [0.05, 0.1) is 13.2 Å². The fourth-order valence-electron chi connectivity index (χ4n) is 3.01. The molecule has 0 radical (unpaired) electrons. The zero-order valence-corrected chi connectivity index (χ0v) is 15.1. The number of nitrogens with one attached hydrogen (secondary N) is 1. The zero-order valence-electron chi connectivity index (χ0n) is 15.1. The molecule has 27 heavy (non-hydrogen) atoms. The van der Waals surface area contributed by atoms with Crippen LogP contribution in [-0.2, 0) is 17.8 Å². The number of amides is 3. The van der Waals surface area contributed by atoms with E-state index in [1.165, 1.54) is 0 Å². The van der Waals surface area contributed by atoms with Crippen molar-refractivity contribution in [1.82, 2.24) is 15.2 Å². The Kier molecular flexibility index (Phi) is 6.40. The summed E-state index contributed by atoms with van der Waals surface area (Å²) in [5.74, 6) is 4.82. The zero-order chi connectivity index (χ0) is 19.1. The van der Waals surface area contributed by atoms with Crippen LogP contribution in [0.2, 0.25) is 0 Å². The first-order chi connectivity index (χ1) is 13.2. The molecule has 0 bridgehead atoms. The Labute approximate surface area is 158 Å². The summed E-state index contributed by atoms with van der Waals surface area (Å²) in [6, 6.07) is 17.0. The molecule has 3 amide bonds. The predicted molar refractivity (Wildman–Crippen MR) is 102 cm³/mol. The average Bonchev–Trinajstić information content (AvgIpc) is 2.74.